The van der Waals surface area contributed by atoms with Crippen LogP contribution in [0, 0.1) is 6.92 Å². The van der Waals surface area contributed by atoms with Gasteiger partial charge in [0.1, 0.15) is 23.0 Å². The van der Waals surface area contributed by atoms with Gasteiger partial charge in [-0.25, -0.2) is 9.78 Å². The van der Waals surface area contributed by atoms with Crippen LogP contribution >= 0.6 is 0 Å². The Hall–Kier alpha value is -3.42. The molecule has 4 rings (SSSR count). The minimum atomic E-state index is -0.771. The Labute approximate surface area is 160 Å². The predicted octanol–water partition coefficient (Wildman–Crippen LogP) is 1.58. The number of carbonyl (C=O) groups excluding carboxylic acids is 2. The number of fused-ring (bicyclic) bond motifs is 2. The number of hydrogen-bond acceptors (Lipinski definition) is 6. The van der Waals surface area contributed by atoms with Crippen LogP contribution in [-0.4, -0.2) is 39.5 Å². The van der Waals surface area contributed by atoms with E-state index in [1.54, 1.807) is 11.8 Å². The van der Waals surface area contributed by atoms with Crippen molar-refractivity contribution in [3.05, 3.63) is 63.4 Å². The number of furan rings is 1. The number of nitrogens with zero attached hydrogens (tertiary/aromatic N) is 3. The van der Waals surface area contributed by atoms with Crippen molar-refractivity contribution in [2.75, 3.05) is 13.2 Å². The normalized spacial score (nSPS) is 13.4. The monoisotopic (exact) mass is 381 g/mol. The second-order valence-electron chi connectivity index (χ2n) is 6.78. The summed E-state index contributed by atoms with van der Waals surface area (Å²) in [5.74, 6) is -0.818. The van der Waals surface area contributed by atoms with Crippen LogP contribution in [0.25, 0.3) is 11.1 Å². The molecule has 3 aromatic rings. The number of hydrogen-bond donors (Lipinski definition) is 0. The molecule has 8 nitrogen and oxygen atoms in total. The van der Waals surface area contributed by atoms with Gasteiger partial charge >= 0.3 is 5.97 Å². The second-order valence-corrected chi connectivity index (χ2v) is 6.78. The average Bonchev–Trinajstić information content (AvgIpc) is 3.05. The number of esters is 1. The van der Waals surface area contributed by atoms with Crippen LogP contribution in [0.2, 0.25) is 0 Å². The summed E-state index contributed by atoms with van der Waals surface area (Å²) in [7, 11) is 1.53. The van der Waals surface area contributed by atoms with Crippen molar-refractivity contribution in [1.82, 2.24) is 14.5 Å². The van der Waals surface area contributed by atoms with E-state index in [1.165, 1.54) is 23.5 Å². The quantitative estimate of drug-likeness (QED) is 0.640. The Kier molecular flexibility index (Phi) is 4.46. The first-order valence-electron chi connectivity index (χ1n) is 8.92. The molecule has 1 amide bonds. The van der Waals surface area contributed by atoms with E-state index in [-0.39, 0.29) is 28.3 Å². The van der Waals surface area contributed by atoms with Gasteiger partial charge in [0.2, 0.25) is 5.71 Å². The molecule has 1 aromatic carbocycles. The fourth-order valence-corrected chi connectivity index (χ4v) is 3.43. The summed E-state index contributed by atoms with van der Waals surface area (Å²) in [5.41, 5.74) is 2.01. The first kappa shape index (κ1) is 18.0. The molecule has 3 heterocycles. The number of aromatic nitrogens is 2. The lowest BCUT2D eigenvalue weighted by Gasteiger charge is -2.28. The van der Waals surface area contributed by atoms with Gasteiger partial charge in [-0.05, 0) is 24.5 Å². The summed E-state index contributed by atoms with van der Waals surface area (Å²) in [5, 5.41) is 0.0619. The minimum absolute atomic E-state index is 0.0143. The molecule has 0 spiro atoms. The highest BCUT2D eigenvalue weighted by Gasteiger charge is 2.26. The van der Waals surface area contributed by atoms with Crippen molar-refractivity contribution >= 4 is 23.0 Å². The third kappa shape index (κ3) is 3.06. The molecule has 0 fully saturated rings. The second kappa shape index (κ2) is 6.95. The van der Waals surface area contributed by atoms with Crippen molar-refractivity contribution in [2.24, 2.45) is 7.05 Å². The molecule has 1 aliphatic heterocycles. The van der Waals surface area contributed by atoms with Gasteiger partial charge < -0.3 is 18.6 Å². The number of benzene rings is 1. The molecule has 144 valence electrons. The fraction of sp³-hybridized carbons (Fsp3) is 0.300. The van der Waals surface area contributed by atoms with Crippen molar-refractivity contribution in [2.45, 2.75) is 19.9 Å². The molecular weight excluding hydrogens is 362 g/mol. The standard InChI is InChI=1S/C20H19N3O5/c1-12-16(17-18(28-12)21-11-22(2)19(17)25)20(26)27-10-15(24)23-8-7-13-5-3-4-6-14(13)9-23/h3-6,11H,7-10H2,1-2H3. The maximum Gasteiger partial charge on any atom is 0.343 e. The predicted molar refractivity (Wildman–Crippen MR) is 99.8 cm³/mol. The molecule has 28 heavy (non-hydrogen) atoms. The van der Waals surface area contributed by atoms with Gasteiger partial charge in [0.05, 0.1) is 0 Å². The van der Waals surface area contributed by atoms with E-state index in [2.05, 4.69) is 11.1 Å². The van der Waals surface area contributed by atoms with E-state index in [0.29, 0.717) is 13.1 Å². The average molecular weight is 381 g/mol. The summed E-state index contributed by atoms with van der Waals surface area (Å²) in [6.07, 6.45) is 2.09. The van der Waals surface area contributed by atoms with E-state index in [9.17, 15) is 14.4 Å². The van der Waals surface area contributed by atoms with Crippen LogP contribution in [0.15, 0.2) is 39.8 Å². The summed E-state index contributed by atoms with van der Waals surface area (Å²) < 4.78 is 11.9. The highest BCUT2D eigenvalue weighted by atomic mass is 16.5. The number of rotatable bonds is 3. The Morgan fingerprint density at radius 1 is 1.25 bits per heavy atom. The van der Waals surface area contributed by atoms with Crippen LogP contribution in [0.5, 0.6) is 0 Å². The molecule has 1 aliphatic rings. The lowest BCUT2D eigenvalue weighted by Crippen LogP contribution is -2.38. The van der Waals surface area contributed by atoms with Crippen molar-refractivity contribution in [3.63, 3.8) is 0 Å². The van der Waals surface area contributed by atoms with Gasteiger partial charge in [-0.15, -0.1) is 0 Å². The Bertz CT molecular complexity index is 1140. The number of amides is 1. The molecular formula is C20H19N3O5. The Morgan fingerprint density at radius 2 is 2.00 bits per heavy atom. The Balaban J connectivity index is 1.49. The van der Waals surface area contributed by atoms with Gasteiger partial charge in [-0.3, -0.25) is 9.59 Å². The van der Waals surface area contributed by atoms with Crippen LogP contribution < -0.4 is 5.56 Å². The largest absolute Gasteiger partial charge is 0.452 e. The molecule has 0 atom stereocenters. The van der Waals surface area contributed by atoms with Crippen molar-refractivity contribution < 1.29 is 18.7 Å². The fourth-order valence-electron chi connectivity index (χ4n) is 3.43. The molecule has 0 unspecified atom stereocenters. The zero-order chi connectivity index (χ0) is 19.8. The number of ether oxygens (including phenoxy) is 1. The molecule has 0 N–H and O–H groups in total. The first-order valence-corrected chi connectivity index (χ1v) is 8.92. The van der Waals surface area contributed by atoms with Crippen LogP contribution in [0.1, 0.15) is 27.2 Å². The molecule has 0 radical (unpaired) electrons. The third-order valence-electron chi connectivity index (χ3n) is 4.96. The molecule has 0 saturated heterocycles. The van der Waals surface area contributed by atoms with Crippen LogP contribution in [-0.2, 0) is 29.5 Å². The maximum atomic E-state index is 12.6. The molecule has 0 aliphatic carbocycles. The van der Waals surface area contributed by atoms with Gasteiger partial charge in [0.15, 0.2) is 6.61 Å². The first-order chi connectivity index (χ1) is 13.5. The zero-order valence-corrected chi connectivity index (χ0v) is 15.6. The van der Waals surface area contributed by atoms with E-state index in [4.69, 9.17) is 9.15 Å². The van der Waals surface area contributed by atoms with Gasteiger partial charge in [0, 0.05) is 20.1 Å². The van der Waals surface area contributed by atoms with Gasteiger partial charge in [-0.1, -0.05) is 24.3 Å². The van der Waals surface area contributed by atoms with Crippen molar-refractivity contribution in [3.8, 4) is 0 Å². The highest BCUT2D eigenvalue weighted by Crippen LogP contribution is 2.22. The molecule has 2 aromatic heterocycles. The van der Waals surface area contributed by atoms with E-state index < -0.39 is 18.1 Å². The molecule has 0 saturated carbocycles. The highest BCUT2D eigenvalue weighted by molar-refractivity contribution is 6.03. The molecule has 8 heteroatoms. The third-order valence-corrected chi connectivity index (χ3v) is 4.96. The number of carbonyl (C=O) groups is 2. The maximum absolute atomic E-state index is 12.6. The summed E-state index contributed by atoms with van der Waals surface area (Å²) in [6.45, 7) is 2.23. The van der Waals surface area contributed by atoms with Crippen LogP contribution in [0.3, 0.4) is 0 Å². The lowest BCUT2D eigenvalue weighted by atomic mass is 10.00. The van der Waals surface area contributed by atoms with Crippen LogP contribution in [0.4, 0.5) is 0 Å². The van der Waals surface area contributed by atoms with E-state index in [1.807, 2.05) is 18.2 Å². The summed E-state index contributed by atoms with van der Waals surface area (Å²) in [4.78, 5) is 43.1. The molecule has 0 bridgehead atoms. The summed E-state index contributed by atoms with van der Waals surface area (Å²) >= 11 is 0. The SMILES string of the molecule is Cc1oc2ncn(C)c(=O)c2c1C(=O)OCC(=O)N1CCc2ccccc2C1. The van der Waals surface area contributed by atoms with Gasteiger partial charge in [0.25, 0.3) is 11.5 Å². The Morgan fingerprint density at radius 3 is 2.79 bits per heavy atom. The lowest BCUT2D eigenvalue weighted by molar-refractivity contribution is -0.135. The van der Waals surface area contributed by atoms with E-state index >= 15 is 0 Å². The summed E-state index contributed by atoms with van der Waals surface area (Å²) in [6, 6.07) is 7.96. The minimum Gasteiger partial charge on any atom is -0.452 e. The number of aryl methyl sites for hydroxylation is 2. The van der Waals surface area contributed by atoms with E-state index in [0.717, 1.165) is 12.0 Å². The van der Waals surface area contributed by atoms with Gasteiger partial charge in [-0.2, -0.15) is 0 Å². The zero-order valence-electron chi connectivity index (χ0n) is 15.6. The smallest absolute Gasteiger partial charge is 0.343 e. The van der Waals surface area contributed by atoms with Crippen molar-refractivity contribution in [1.29, 1.82) is 0 Å². The topological polar surface area (TPSA) is 94.6 Å².